The molecule has 0 aliphatic carbocycles. The zero-order chi connectivity index (χ0) is 19.7. The second-order valence-electron chi connectivity index (χ2n) is 7.73. The molecule has 1 amide bonds. The third-order valence-corrected chi connectivity index (χ3v) is 5.90. The van der Waals surface area contributed by atoms with Gasteiger partial charge in [-0.3, -0.25) is 9.78 Å². The summed E-state index contributed by atoms with van der Waals surface area (Å²) in [7, 11) is 0. The van der Waals surface area contributed by atoms with Gasteiger partial charge in [0.1, 0.15) is 6.10 Å². The van der Waals surface area contributed by atoms with Gasteiger partial charge in [0, 0.05) is 43.9 Å². The highest BCUT2D eigenvalue weighted by Gasteiger charge is 2.42. The Bertz CT molecular complexity index is 998. The van der Waals surface area contributed by atoms with Crippen molar-refractivity contribution in [1.29, 1.82) is 0 Å². The van der Waals surface area contributed by atoms with E-state index in [9.17, 15) is 4.79 Å². The topological polar surface area (TPSA) is 93.2 Å². The zero-order valence-electron chi connectivity index (χ0n) is 16.1. The van der Waals surface area contributed by atoms with Crippen molar-refractivity contribution in [3.63, 3.8) is 0 Å². The number of ether oxygens (including phenoxy) is 2. The Morgan fingerprint density at radius 3 is 2.97 bits per heavy atom. The van der Waals surface area contributed by atoms with Crippen molar-refractivity contribution < 1.29 is 14.3 Å². The number of carbonyl (C=O) groups excluding carboxylic acids is 1. The van der Waals surface area contributed by atoms with Crippen LogP contribution in [-0.2, 0) is 4.74 Å². The number of benzene rings is 1. The van der Waals surface area contributed by atoms with Gasteiger partial charge in [0.25, 0.3) is 5.91 Å². The first-order valence-corrected chi connectivity index (χ1v) is 10.00. The molecular formula is C21H23N5O3. The van der Waals surface area contributed by atoms with Gasteiger partial charge in [-0.05, 0) is 31.0 Å². The van der Waals surface area contributed by atoms with Crippen LogP contribution >= 0.6 is 0 Å². The minimum absolute atomic E-state index is 0.0551. The largest absolute Gasteiger partial charge is 0.473 e. The van der Waals surface area contributed by atoms with E-state index in [1.807, 2.05) is 23.1 Å². The first kappa shape index (κ1) is 18.1. The first-order chi connectivity index (χ1) is 14.2. The molecule has 2 fully saturated rings. The summed E-state index contributed by atoms with van der Waals surface area (Å²) in [6.45, 7) is 2.02. The van der Waals surface area contributed by atoms with E-state index in [0.717, 1.165) is 36.7 Å². The van der Waals surface area contributed by atoms with Crippen LogP contribution in [0.3, 0.4) is 0 Å². The molecule has 1 spiro atoms. The van der Waals surface area contributed by atoms with Crippen LogP contribution in [-0.4, -0.2) is 62.1 Å². The predicted molar refractivity (Wildman–Crippen MR) is 106 cm³/mol. The van der Waals surface area contributed by atoms with Crippen molar-refractivity contribution >= 4 is 16.9 Å². The number of hydrogen-bond acceptors (Lipinski definition) is 6. The van der Waals surface area contributed by atoms with Gasteiger partial charge in [0.15, 0.2) is 0 Å². The summed E-state index contributed by atoms with van der Waals surface area (Å²) in [6.07, 6.45) is 9.88. The van der Waals surface area contributed by atoms with Crippen LogP contribution in [0.2, 0.25) is 0 Å². The number of piperidine rings is 1. The summed E-state index contributed by atoms with van der Waals surface area (Å²) >= 11 is 0. The Kier molecular flexibility index (Phi) is 4.63. The molecular weight excluding hydrogens is 370 g/mol. The Hall–Kier alpha value is -3.00. The van der Waals surface area contributed by atoms with E-state index in [-0.39, 0.29) is 17.6 Å². The van der Waals surface area contributed by atoms with E-state index in [4.69, 9.17) is 9.47 Å². The molecule has 1 aromatic carbocycles. The van der Waals surface area contributed by atoms with Crippen molar-refractivity contribution in [3.05, 3.63) is 48.7 Å². The number of H-pyrrole nitrogens is 1. The van der Waals surface area contributed by atoms with Crippen molar-refractivity contribution in [2.45, 2.75) is 37.4 Å². The predicted octanol–water partition coefficient (Wildman–Crippen LogP) is 2.59. The third-order valence-electron chi connectivity index (χ3n) is 5.90. The van der Waals surface area contributed by atoms with Gasteiger partial charge in [-0.25, -0.2) is 9.97 Å². The maximum Gasteiger partial charge on any atom is 0.253 e. The molecule has 0 saturated carbocycles. The van der Waals surface area contributed by atoms with E-state index >= 15 is 0 Å². The van der Waals surface area contributed by atoms with Gasteiger partial charge >= 0.3 is 0 Å². The van der Waals surface area contributed by atoms with Gasteiger partial charge in [0.2, 0.25) is 5.88 Å². The summed E-state index contributed by atoms with van der Waals surface area (Å²) in [6, 6.07) is 5.60. The number of aromatic nitrogens is 4. The van der Waals surface area contributed by atoms with E-state index in [2.05, 4.69) is 19.9 Å². The Balaban J connectivity index is 1.22. The average molecular weight is 393 g/mol. The molecule has 4 heterocycles. The number of likely N-dealkylation sites (tertiary alicyclic amines) is 1. The Morgan fingerprint density at radius 1 is 1.24 bits per heavy atom. The molecule has 0 bridgehead atoms. The van der Waals surface area contributed by atoms with Crippen LogP contribution in [0.5, 0.6) is 5.88 Å². The van der Waals surface area contributed by atoms with Crippen LogP contribution in [0, 0.1) is 0 Å². The Labute approximate surface area is 168 Å². The fourth-order valence-electron chi connectivity index (χ4n) is 4.32. The second kappa shape index (κ2) is 7.44. The minimum Gasteiger partial charge on any atom is -0.473 e. The molecule has 8 nitrogen and oxygen atoms in total. The summed E-state index contributed by atoms with van der Waals surface area (Å²) in [5, 5.41) is 0. The quantitative estimate of drug-likeness (QED) is 0.735. The van der Waals surface area contributed by atoms with Gasteiger partial charge < -0.3 is 19.4 Å². The van der Waals surface area contributed by atoms with Gasteiger partial charge in [0.05, 0.1) is 35.8 Å². The van der Waals surface area contributed by atoms with E-state index in [1.165, 1.54) is 0 Å². The number of rotatable bonds is 3. The van der Waals surface area contributed by atoms with Crippen LogP contribution < -0.4 is 4.74 Å². The number of amides is 1. The molecule has 0 radical (unpaired) electrons. The normalized spacial score (nSPS) is 21.4. The highest BCUT2D eigenvalue weighted by Crippen LogP contribution is 2.36. The minimum atomic E-state index is -0.227. The molecule has 1 N–H and O–H groups in total. The summed E-state index contributed by atoms with van der Waals surface area (Å²) in [5.74, 6) is 0.607. The molecule has 5 rings (SSSR count). The van der Waals surface area contributed by atoms with Crippen molar-refractivity contribution in [1.82, 2.24) is 24.8 Å². The van der Waals surface area contributed by atoms with Crippen LogP contribution in [0.1, 0.15) is 36.0 Å². The zero-order valence-corrected chi connectivity index (χ0v) is 16.1. The molecule has 1 atom stereocenters. The first-order valence-electron chi connectivity index (χ1n) is 10.00. The molecule has 29 heavy (non-hydrogen) atoms. The monoisotopic (exact) mass is 393 g/mol. The third kappa shape index (κ3) is 3.67. The van der Waals surface area contributed by atoms with Gasteiger partial charge in [-0.15, -0.1) is 0 Å². The summed E-state index contributed by atoms with van der Waals surface area (Å²) < 4.78 is 12.2. The maximum absolute atomic E-state index is 13.0. The summed E-state index contributed by atoms with van der Waals surface area (Å²) in [4.78, 5) is 30.4. The number of imidazole rings is 1. The number of aromatic amines is 1. The van der Waals surface area contributed by atoms with E-state index in [0.29, 0.717) is 31.1 Å². The number of fused-ring (bicyclic) bond motifs is 1. The van der Waals surface area contributed by atoms with Crippen LogP contribution in [0.15, 0.2) is 43.1 Å². The maximum atomic E-state index is 13.0. The van der Waals surface area contributed by atoms with Crippen LogP contribution in [0.25, 0.3) is 11.0 Å². The molecule has 150 valence electrons. The molecule has 3 aromatic rings. The molecule has 2 aromatic heterocycles. The fourth-order valence-corrected chi connectivity index (χ4v) is 4.32. The van der Waals surface area contributed by atoms with Crippen molar-refractivity contribution in [3.8, 4) is 5.88 Å². The van der Waals surface area contributed by atoms with Crippen molar-refractivity contribution in [2.24, 2.45) is 0 Å². The molecule has 1 unspecified atom stereocenters. The number of carbonyl (C=O) groups is 1. The molecule has 2 aliphatic rings. The van der Waals surface area contributed by atoms with E-state index in [1.54, 1.807) is 24.9 Å². The Morgan fingerprint density at radius 2 is 2.14 bits per heavy atom. The highest BCUT2D eigenvalue weighted by atomic mass is 16.5. The lowest BCUT2D eigenvalue weighted by molar-refractivity contribution is -0.135. The smallest absolute Gasteiger partial charge is 0.253 e. The second-order valence-corrected chi connectivity index (χ2v) is 7.73. The van der Waals surface area contributed by atoms with Gasteiger partial charge in [-0.1, -0.05) is 0 Å². The fraction of sp³-hybridized carbons (Fsp3) is 0.429. The highest BCUT2D eigenvalue weighted by molar-refractivity contribution is 5.97. The van der Waals surface area contributed by atoms with E-state index < -0.39 is 0 Å². The molecule has 2 saturated heterocycles. The lowest BCUT2D eigenvalue weighted by Crippen LogP contribution is -2.52. The number of nitrogens with zero attached hydrogens (tertiary/aromatic N) is 4. The summed E-state index contributed by atoms with van der Waals surface area (Å²) in [5.41, 5.74) is 2.20. The lowest BCUT2D eigenvalue weighted by atomic mass is 9.83. The lowest BCUT2D eigenvalue weighted by Gasteiger charge is -2.45. The average Bonchev–Trinajstić information content (AvgIpc) is 3.23. The SMILES string of the molecule is O=C(c1ccc2nc[nH]c2c1)N1CCC2(CC1)CC(Oc1cnccn1)CCO2. The molecule has 2 aliphatic heterocycles. The van der Waals surface area contributed by atoms with Crippen LogP contribution in [0.4, 0.5) is 0 Å². The standard InChI is InChI=1S/C21H23N5O3/c27-20(15-1-2-17-18(11-15)25-14-24-17)26-8-4-21(5-9-26)12-16(3-10-28-21)29-19-13-22-6-7-23-19/h1-2,6-7,11,13-14,16H,3-5,8-10,12H2,(H,24,25). The van der Waals surface area contributed by atoms with Crippen molar-refractivity contribution in [2.75, 3.05) is 19.7 Å². The van der Waals surface area contributed by atoms with Gasteiger partial charge in [-0.2, -0.15) is 0 Å². The number of hydrogen-bond donors (Lipinski definition) is 1. The number of nitrogens with one attached hydrogen (secondary N) is 1. The molecule has 8 heteroatoms.